The summed E-state index contributed by atoms with van der Waals surface area (Å²) >= 11 is 0. The third-order valence-corrected chi connectivity index (χ3v) is 6.23. The standard InChI is InChI=1S/C25H37N5O8/c26-12-2-1-4-18(28-22(34)17-5-3-13-27-17)23(35)29-19(10-11-21(32)33)24(36)30-20(25(37)38)14-15-6-8-16(31)9-7-15/h6-9,17-20,27,31H,1-5,10-14,26H2,(H,28,34)(H,29,35)(H,30,36)(H,32,33)(H,37,38). The zero-order valence-electron chi connectivity index (χ0n) is 21.2. The first-order chi connectivity index (χ1) is 18.1. The molecule has 1 saturated heterocycles. The second-order valence-electron chi connectivity index (χ2n) is 9.26. The molecule has 4 unspecified atom stereocenters. The van der Waals surface area contributed by atoms with Crippen molar-refractivity contribution in [3.05, 3.63) is 29.8 Å². The molecule has 1 aliphatic heterocycles. The fourth-order valence-electron chi connectivity index (χ4n) is 4.09. The van der Waals surface area contributed by atoms with E-state index in [-0.39, 0.29) is 30.9 Å². The number of hydrogen-bond acceptors (Lipinski definition) is 8. The Morgan fingerprint density at radius 3 is 2.11 bits per heavy atom. The highest BCUT2D eigenvalue weighted by molar-refractivity contribution is 5.94. The van der Waals surface area contributed by atoms with Gasteiger partial charge in [-0.15, -0.1) is 0 Å². The largest absolute Gasteiger partial charge is 0.508 e. The minimum Gasteiger partial charge on any atom is -0.508 e. The molecule has 0 aromatic heterocycles. The van der Waals surface area contributed by atoms with Crippen molar-refractivity contribution in [1.82, 2.24) is 21.3 Å². The van der Waals surface area contributed by atoms with Gasteiger partial charge in [0, 0.05) is 12.8 Å². The van der Waals surface area contributed by atoms with E-state index >= 15 is 0 Å². The van der Waals surface area contributed by atoms with Crippen molar-refractivity contribution >= 4 is 29.7 Å². The van der Waals surface area contributed by atoms with E-state index in [1.165, 1.54) is 24.3 Å². The van der Waals surface area contributed by atoms with E-state index in [4.69, 9.17) is 10.8 Å². The first-order valence-electron chi connectivity index (χ1n) is 12.7. The van der Waals surface area contributed by atoms with Crippen LogP contribution in [-0.4, -0.2) is 82.2 Å². The Labute approximate surface area is 220 Å². The monoisotopic (exact) mass is 535 g/mol. The molecule has 3 amide bonds. The maximum Gasteiger partial charge on any atom is 0.326 e. The number of carbonyl (C=O) groups excluding carboxylic acids is 3. The molecule has 0 aliphatic carbocycles. The van der Waals surface area contributed by atoms with Gasteiger partial charge in [0.1, 0.15) is 23.9 Å². The van der Waals surface area contributed by atoms with E-state index in [1.807, 2.05) is 0 Å². The van der Waals surface area contributed by atoms with Gasteiger partial charge in [-0.3, -0.25) is 19.2 Å². The van der Waals surface area contributed by atoms with Crippen LogP contribution in [0.2, 0.25) is 0 Å². The fourth-order valence-corrected chi connectivity index (χ4v) is 4.09. The van der Waals surface area contributed by atoms with Crippen molar-refractivity contribution in [3.8, 4) is 5.75 Å². The lowest BCUT2D eigenvalue weighted by Gasteiger charge is -2.25. The molecule has 1 aromatic carbocycles. The number of phenols is 1. The molecule has 13 nitrogen and oxygen atoms in total. The smallest absolute Gasteiger partial charge is 0.326 e. The highest BCUT2D eigenvalue weighted by Crippen LogP contribution is 2.12. The minimum absolute atomic E-state index is 0.00192. The number of benzene rings is 1. The summed E-state index contributed by atoms with van der Waals surface area (Å²) in [7, 11) is 0. The van der Waals surface area contributed by atoms with Gasteiger partial charge in [-0.25, -0.2) is 4.79 Å². The van der Waals surface area contributed by atoms with Gasteiger partial charge in [0.25, 0.3) is 0 Å². The molecule has 13 heteroatoms. The van der Waals surface area contributed by atoms with Gasteiger partial charge in [-0.2, -0.15) is 0 Å². The first kappa shape index (κ1) is 30.5. The number of carbonyl (C=O) groups is 5. The zero-order chi connectivity index (χ0) is 28.1. The number of aromatic hydroxyl groups is 1. The van der Waals surface area contributed by atoms with Crippen LogP contribution in [0.1, 0.15) is 50.5 Å². The molecule has 4 atom stereocenters. The summed E-state index contributed by atoms with van der Waals surface area (Å²) in [4.78, 5) is 61.8. The lowest BCUT2D eigenvalue weighted by molar-refractivity contribution is -0.143. The Balaban J connectivity index is 2.13. The summed E-state index contributed by atoms with van der Waals surface area (Å²) in [5.74, 6) is -4.42. The van der Waals surface area contributed by atoms with Gasteiger partial charge in [0.05, 0.1) is 6.04 Å². The van der Waals surface area contributed by atoms with Crippen LogP contribution >= 0.6 is 0 Å². The highest BCUT2D eigenvalue weighted by Gasteiger charge is 2.31. The number of carboxylic acid groups (broad SMARTS) is 2. The van der Waals surface area contributed by atoms with E-state index < -0.39 is 54.3 Å². The Morgan fingerprint density at radius 2 is 1.55 bits per heavy atom. The average molecular weight is 536 g/mol. The third-order valence-electron chi connectivity index (χ3n) is 6.23. The lowest BCUT2D eigenvalue weighted by Crippen LogP contribution is -2.57. The Kier molecular flexibility index (Phi) is 12.5. The number of nitrogens with one attached hydrogen (secondary N) is 4. The van der Waals surface area contributed by atoms with E-state index in [9.17, 15) is 34.2 Å². The second kappa shape index (κ2) is 15.5. The fraction of sp³-hybridized carbons (Fsp3) is 0.560. The van der Waals surface area contributed by atoms with Crippen molar-refractivity contribution in [3.63, 3.8) is 0 Å². The van der Waals surface area contributed by atoms with Gasteiger partial charge in [-0.05, 0) is 69.3 Å². The predicted octanol–water partition coefficient (Wildman–Crippen LogP) is -0.780. The molecule has 1 aromatic rings. The predicted molar refractivity (Wildman–Crippen MR) is 136 cm³/mol. The molecule has 0 radical (unpaired) electrons. The van der Waals surface area contributed by atoms with E-state index in [0.717, 1.165) is 6.42 Å². The number of phenolic OH excluding ortho intramolecular Hbond substituents is 1. The normalized spacial score (nSPS) is 17.1. The van der Waals surface area contributed by atoms with Gasteiger partial charge in [0.2, 0.25) is 17.7 Å². The summed E-state index contributed by atoms with van der Waals surface area (Å²) < 4.78 is 0. The van der Waals surface area contributed by atoms with Crippen LogP contribution in [0.3, 0.4) is 0 Å². The molecule has 9 N–H and O–H groups in total. The van der Waals surface area contributed by atoms with Crippen LogP contribution in [-0.2, 0) is 30.4 Å². The molecule has 0 saturated carbocycles. The molecular weight excluding hydrogens is 498 g/mol. The average Bonchev–Trinajstić information content (AvgIpc) is 3.41. The van der Waals surface area contributed by atoms with E-state index in [0.29, 0.717) is 37.9 Å². The molecule has 38 heavy (non-hydrogen) atoms. The first-order valence-corrected chi connectivity index (χ1v) is 12.7. The van der Waals surface area contributed by atoms with Crippen molar-refractivity contribution in [2.75, 3.05) is 13.1 Å². The van der Waals surface area contributed by atoms with Crippen LogP contribution < -0.4 is 27.0 Å². The molecule has 2 rings (SSSR count). The van der Waals surface area contributed by atoms with Crippen LogP contribution in [0.5, 0.6) is 5.75 Å². The van der Waals surface area contributed by atoms with E-state index in [2.05, 4.69) is 21.3 Å². The number of rotatable bonds is 16. The number of hydrogen-bond donors (Lipinski definition) is 8. The van der Waals surface area contributed by atoms with Gasteiger partial charge in [0.15, 0.2) is 0 Å². The number of aliphatic carboxylic acids is 2. The summed E-state index contributed by atoms with van der Waals surface area (Å²) in [6.45, 7) is 1.09. The number of amides is 3. The molecule has 1 fully saturated rings. The highest BCUT2D eigenvalue weighted by atomic mass is 16.4. The van der Waals surface area contributed by atoms with Crippen LogP contribution in [0.25, 0.3) is 0 Å². The SMILES string of the molecule is NCCCCC(NC(=O)C1CCCN1)C(=O)NC(CCC(=O)O)C(=O)NC(Cc1ccc(O)cc1)C(=O)O. The van der Waals surface area contributed by atoms with Gasteiger partial charge in [-0.1, -0.05) is 12.1 Å². The molecule has 210 valence electrons. The third kappa shape index (κ3) is 10.3. The molecule has 1 aliphatic rings. The lowest BCUT2D eigenvalue weighted by atomic mass is 10.0. The molecule has 0 bridgehead atoms. The number of nitrogens with two attached hydrogens (primary N) is 1. The quantitative estimate of drug-likeness (QED) is 0.123. The summed E-state index contributed by atoms with van der Waals surface area (Å²) in [5.41, 5.74) is 6.08. The van der Waals surface area contributed by atoms with Crippen LogP contribution in [0, 0.1) is 0 Å². The maximum absolute atomic E-state index is 13.1. The molecular formula is C25H37N5O8. The number of unbranched alkanes of at least 4 members (excludes halogenated alkanes) is 1. The van der Waals surface area contributed by atoms with Gasteiger partial charge < -0.3 is 42.3 Å². The second-order valence-corrected chi connectivity index (χ2v) is 9.26. The van der Waals surface area contributed by atoms with Crippen molar-refractivity contribution in [1.29, 1.82) is 0 Å². The van der Waals surface area contributed by atoms with Crippen molar-refractivity contribution in [2.24, 2.45) is 5.73 Å². The van der Waals surface area contributed by atoms with Crippen LogP contribution in [0.15, 0.2) is 24.3 Å². The summed E-state index contributed by atoms with van der Waals surface area (Å²) in [6, 6.07) is 1.65. The van der Waals surface area contributed by atoms with Crippen molar-refractivity contribution in [2.45, 2.75) is 75.5 Å². The molecule has 0 spiro atoms. The maximum atomic E-state index is 13.1. The van der Waals surface area contributed by atoms with Crippen LogP contribution in [0.4, 0.5) is 0 Å². The van der Waals surface area contributed by atoms with E-state index in [1.54, 1.807) is 0 Å². The van der Waals surface area contributed by atoms with Gasteiger partial charge >= 0.3 is 11.9 Å². The van der Waals surface area contributed by atoms with Crippen molar-refractivity contribution < 1.29 is 39.3 Å². The topological polar surface area (TPSA) is 220 Å². The Hall–Kier alpha value is -3.71. The minimum atomic E-state index is -1.37. The molecule has 1 heterocycles. The summed E-state index contributed by atoms with van der Waals surface area (Å²) in [5, 5.41) is 38.8. The zero-order valence-corrected chi connectivity index (χ0v) is 21.2. The Bertz CT molecular complexity index is 965. The summed E-state index contributed by atoms with van der Waals surface area (Å²) in [6.07, 6.45) is 2.02. The number of carboxylic acids is 2. The Morgan fingerprint density at radius 1 is 0.921 bits per heavy atom.